The summed E-state index contributed by atoms with van der Waals surface area (Å²) in [6, 6.07) is 0.770. The molecule has 0 aromatic rings. The van der Waals surface area contributed by atoms with Crippen LogP contribution < -0.4 is 0 Å². The zero-order valence-electron chi connectivity index (χ0n) is 7.25. The van der Waals surface area contributed by atoms with Gasteiger partial charge in [-0.25, -0.2) is 0 Å². The van der Waals surface area contributed by atoms with E-state index in [9.17, 15) is 0 Å². The molecule has 0 aliphatic carbocycles. The Morgan fingerprint density at radius 3 is 2.73 bits per heavy atom. The van der Waals surface area contributed by atoms with E-state index in [1.807, 2.05) is 0 Å². The highest BCUT2D eigenvalue weighted by molar-refractivity contribution is 4.84. The fourth-order valence-corrected chi connectivity index (χ4v) is 1.96. The van der Waals surface area contributed by atoms with Gasteiger partial charge in [-0.15, -0.1) is 0 Å². The van der Waals surface area contributed by atoms with Crippen LogP contribution in [-0.2, 0) is 4.74 Å². The summed E-state index contributed by atoms with van der Waals surface area (Å²) in [4.78, 5) is 2.59. The smallest absolute Gasteiger partial charge is 0.0645 e. The number of likely N-dealkylation sites (tertiary alicyclic amines) is 1. The lowest BCUT2D eigenvalue weighted by Crippen LogP contribution is -2.47. The molecular weight excluding hydrogens is 138 g/mol. The predicted octanol–water partition coefficient (Wildman–Crippen LogP) is 1.12. The van der Waals surface area contributed by atoms with Crippen molar-refractivity contribution in [2.75, 3.05) is 26.3 Å². The van der Waals surface area contributed by atoms with Gasteiger partial charge in [-0.05, 0) is 18.9 Å². The maximum absolute atomic E-state index is 5.17. The number of rotatable bonds is 2. The summed E-state index contributed by atoms with van der Waals surface area (Å²) in [6.07, 6.45) is 2.76. The van der Waals surface area contributed by atoms with Crippen LogP contribution in [0.15, 0.2) is 0 Å². The second kappa shape index (κ2) is 3.11. The summed E-state index contributed by atoms with van der Waals surface area (Å²) in [5.74, 6) is 0.968. The molecule has 0 saturated carbocycles. The molecule has 0 radical (unpaired) electrons. The van der Waals surface area contributed by atoms with Crippen LogP contribution >= 0.6 is 0 Å². The quantitative estimate of drug-likeness (QED) is 0.592. The first-order valence-electron chi connectivity index (χ1n) is 4.72. The molecule has 0 spiro atoms. The highest BCUT2D eigenvalue weighted by Gasteiger charge is 2.31. The molecule has 2 aliphatic heterocycles. The molecule has 0 bridgehead atoms. The summed E-state index contributed by atoms with van der Waals surface area (Å²) in [5, 5.41) is 0. The van der Waals surface area contributed by atoms with Gasteiger partial charge in [0, 0.05) is 6.54 Å². The number of hydrogen-bond donors (Lipinski definition) is 0. The Hall–Kier alpha value is -0.0800. The van der Waals surface area contributed by atoms with Crippen molar-refractivity contribution in [3.05, 3.63) is 0 Å². The van der Waals surface area contributed by atoms with Crippen molar-refractivity contribution >= 4 is 0 Å². The molecule has 2 heteroatoms. The highest BCUT2D eigenvalue weighted by Crippen LogP contribution is 2.23. The fourth-order valence-electron chi connectivity index (χ4n) is 1.96. The van der Waals surface area contributed by atoms with Crippen molar-refractivity contribution in [1.82, 2.24) is 4.90 Å². The third kappa shape index (κ3) is 1.42. The van der Waals surface area contributed by atoms with Crippen molar-refractivity contribution in [1.29, 1.82) is 0 Å². The van der Waals surface area contributed by atoms with Gasteiger partial charge in [0.2, 0.25) is 0 Å². The van der Waals surface area contributed by atoms with Crippen molar-refractivity contribution in [2.24, 2.45) is 5.92 Å². The Bertz CT molecular complexity index is 134. The maximum atomic E-state index is 5.17. The summed E-state index contributed by atoms with van der Waals surface area (Å²) >= 11 is 0. The normalized spacial score (nSPS) is 34.1. The van der Waals surface area contributed by atoms with Crippen LogP contribution in [-0.4, -0.2) is 37.2 Å². The van der Waals surface area contributed by atoms with Crippen LogP contribution in [0.1, 0.15) is 19.8 Å². The SMILES string of the molecule is CCC1CCN(C2COC2)C1. The molecule has 2 nitrogen and oxygen atoms in total. The Balaban J connectivity index is 1.79. The zero-order chi connectivity index (χ0) is 7.68. The number of hydrogen-bond acceptors (Lipinski definition) is 2. The average Bonchev–Trinajstić information content (AvgIpc) is 2.32. The van der Waals surface area contributed by atoms with Crippen molar-refractivity contribution in [2.45, 2.75) is 25.8 Å². The average molecular weight is 155 g/mol. The van der Waals surface area contributed by atoms with Gasteiger partial charge < -0.3 is 4.74 Å². The molecule has 2 saturated heterocycles. The van der Waals surface area contributed by atoms with Gasteiger partial charge in [0.1, 0.15) is 0 Å². The zero-order valence-corrected chi connectivity index (χ0v) is 7.25. The van der Waals surface area contributed by atoms with Crippen molar-refractivity contribution in [3.63, 3.8) is 0 Å². The largest absolute Gasteiger partial charge is 0.378 e. The summed E-state index contributed by atoms with van der Waals surface area (Å²) in [7, 11) is 0. The summed E-state index contributed by atoms with van der Waals surface area (Å²) in [6.45, 7) is 6.90. The predicted molar refractivity (Wildman–Crippen MR) is 44.6 cm³/mol. The molecule has 64 valence electrons. The molecule has 2 heterocycles. The Labute approximate surface area is 68.5 Å². The van der Waals surface area contributed by atoms with Crippen LogP contribution in [0, 0.1) is 5.92 Å². The number of ether oxygens (including phenoxy) is 1. The van der Waals surface area contributed by atoms with E-state index in [-0.39, 0.29) is 0 Å². The molecule has 11 heavy (non-hydrogen) atoms. The third-order valence-electron chi connectivity index (χ3n) is 3.03. The molecular formula is C9H17NO. The van der Waals surface area contributed by atoms with Gasteiger partial charge in [0.25, 0.3) is 0 Å². The first-order valence-corrected chi connectivity index (χ1v) is 4.72. The van der Waals surface area contributed by atoms with E-state index in [4.69, 9.17) is 4.74 Å². The lowest BCUT2D eigenvalue weighted by Gasteiger charge is -2.34. The summed E-state index contributed by atoms with van der Waals surface area (Å²) in [5.41, 5.74) is 0. The van der Waals surface area contributed by atoms with Crippen LogP contribution in [0.3, 0.4) is 0 Å². The summed E-state index contributed by atoms with van der Waals surface area (Å²) < 4.78 is 5.17. The van der Waals surface area contributed by atoms with Crippen LogP contribution in [0.4, 0.5) is 0 Å². The molecule has 0 aromatic heterocycles. The molecule has 2 aliphatic rings. The Morgan fingerprint density at radius 1 is 1.45 bits per heavy atom. The van der Waals surface area contributed by atoms with Crippen molar-refractivity contribution < 1.29 is 4.74 Å². The van der Waals surface area contributed by atoms with E-state index in [2.05, 4.69) is 11.8 Å². The minimum atomic E-state index is 0.770. The van der Waals surface area contributed by atoms with E-state index < -0.39 is 0 Å². The second-order valence-corrected chi connectivity index (χ2v) is 3.75. The molecule has 2 rings (SSSR count). The van der Waals surface area contributed by atoms with Crippen LogP contribution in [0.5, 0.6) is 0 Å². The van der Waals surface area contributed by atoms with Gasteiger partial charge in [-0.3, -0.25) is 4.90 Å². The van der Waals surface area contributed by atoms with E-state index in [0.717, 1.165) is 25.2 Å². The Kier molecular flexibility index (Phi) is 2.14. The second-order valence-electron chi connectivity index (χ2n) is 3.75. The maximum Gasteiger partial charge on any atom is 0.0645 e. The molecule has 2 fully saturated rings. The van der Waals surface area contributed by atoms with Gasteiger partial charge in [0.15, 0.2) is 0 Å². The fraction of sp³-hybridized carbons (Fsp3) is 1.00. The first kappa shape index (κ1) is 7.56. The lowest BCUT2D eigenvalue weighted by atomic mass is 10.1. The van der Waals surface area contributed by atoms with Gasteiger partial charge in [-0.2, -0.15) is 0 Å². The minimum absolute atomic E-state index is 0.770. The van der Waals surface area contributed by atoms with E-state index in [1.54, 1.807) is 0 Å². The van der Waals surface area contributed by atoms with Crippen LogP contribution in [0.2, 0.25) is 0 Å². The highest BCUT2D eigenvalue weighted by atomic mass is 16.5. The molecule has 0 aromatic carbocycles. The van der Waals surface area contributed by atoms with Crippen molar-refractivity contribution in [3.8, 4) is 0 Å². The van der Waals surface area contributed by atoms with Gasteiger partial charge >= 0.3 is 0 Å². The topological polar surface area (TPSA) is 12.5 Å². The van der Waals surface area contributed by atoms with E-state index >= 15 is 0 Å². The van der Waals surface area contributed by atoms with E-state index in [0.29, 0.717) is 0 Å². The monoisotopic (exact) mass is 155 g/mol. The molecule has 0 amide bonds. The molecule has 0 N–H and O–H groups in total. The molecule has 1 atom stereocenters. The third-order valence-corrected chi connectivity index (χ3v) is 3.03. The molecule has 1 unspecified atom stereocenters. The Morgan fingerprint density at radius 2 is 2.27 bits per heavy atom. The number of nitrogens with zero attached hydrogens (tertiary/aromatic N) is 1. The van der Waals surface area contributed by atoms with Gasteiger partial charge in [0.05, 0.1) is 19.3 Å². The lowest BCUT2D eigenvalue weighted by molar-refractivity contribution is -0.0580. The minimum Gasteiger partial charge on any atom is -0.378 e. The first-order chi connectivity index (χ1) is 5.40. The van der Waals surface area contributed by atoms with Gasteiger partial charge in [-0.1, -0.05) is 13.3 Å². The van der Waals surface area contributed by atoms with E-state index in [1.165, 1.54) is 25.9 Å². The standard InChI is InChI=1S/C9H17NO/c1-2-8-3-4-10(5-8)9-6-11-7-9/h8-9H,2-7H2,1H3. The van der Waals surface area contributed by atoms with Crippen LogP contribution in [0.25, 0.3) is 0 Å².